The Bertz CT molecular complexity index is 1140. The summed E-state index contributed by atoms with van der Waals surface area (Å²) in [5.41, 5.74) is 2.30. The third-order valence-corrected chi connectivity index (χ3v) is 4.57. The summed E-state index contributed by atoms with van der Waals surface area (Å²) in [6.45, 7) is 2.03. The first-order valence-corrected chi connectivity index (χ1v) is 9.22. The Balaban J connectivity index is 1.57. The van der Waals surface area contributed by atoms with Crippen LogP contribution in [0.25, 0.3) is 11.0 Å². The molecule has 1 amide bonds. The zero-order valence-corrected chi connectivity index (χ0v) is 16.0. The van der Waals surface area contributed by atoms with Crippen LogP contribution in [0.4, 0.5) is 5.69 Å². The first-order valence-electron chi connectivity index (χ1n) is 8.84. The van der Waals surface area contributed by atoms with Crippen LogP contribution < -0.4 is 10.1 Å². The Hall–Kier alpha value is -3.31. The molecule has 0 saturated heterocycles. The Morgan fingerprint density at radius 3 is 2.64 bits per heavy atom. The molecule has 0 aliphatic carbocycles. The van der Waals surface area contributed by atoms with Gasteiger partial charge in [0.1, 0.15) is 18.1 Å². The number of nitrogens with zero attached hydrogens (tertiary/aromatic N) is 2. The number of para-hydroxylation sites is 3. The maximum absolute atomic E-state index is 12.7. The SMILES string of the molecule is Cc1nc2ccccc2n1CC(=O)Nc1cc(Cl)ccc1Oc1ccccc1. The Morgan fingerprint density at radius 2 is 1.82 bits per heavy atom. The van der Waals surface area contributed by atoms with Crippen LogP contribution in [0, 0.1) is 6.92 Å². The first kappa shape index (κ1) is 18.1. The Morgan fingerprint density at radius 1 is 1.07 bits per heavy atom. The van der Waals surface area contributed by atoms with Crippen molar-refractivity contribution in [2.75, 3.05) is 5.32 Å². The van der Waals surface area contributed by atoms with Crippen LogP contribution in [-0.2, 0) is 11.3 Å². The van der Waals surface area contributed by atoms with Gasteiger partial charge in [-0.1, -0.05) is 41.9 Å². The van der Waals surface area contributed by atoms with Gasteiger partial charge in [0, 0.05) is 5.02 Å². The van der Waals surface area contributed by atoms with E-state index >= 15 is 0 Å². The predicted molar refractivity (Wildman–Crippen MR) is 111 cm³/mol. The first-order chi connectivity index (χ1) is 13.6. The summed E-state index contributed by atoms with van der Waals surface area (Å²) in [5.74, 6) is 1.79. The van der Waals surface area contributed by atoms with Crippen molar-refractivity contribution in [3.63, 3.8) is 0 Å². The molecule has 5 nitrogen and oxygen atoms in total. The highest BCUT2D eigenvalue weighted by Gasteiger charge is 2.14. The smallest absolute Gasteiger partial charge is 0.244 e. The van der Waals surface area contributed by atoms with Crippen LogP contribution in [0.1, 0.15) is 5.82 Å². The normalized spacial score (nSPS) is 10.8. The lowest BCUT2D eigenvalue weighted by atomic mass is 10.2. The van der Waals surface area contributed by atoms with Crippen LogP contribution in [0.2, 0.25) is 5.02 Å². The van der Waals surface area contributed by atoms with E-state index in [-0.39, 0.29) is 12.5 Å². The van der Waals surface area contributed by atoms with Gasteiger partial charge in [0.05, 0.1) is 16.7 Å². The van der Waals surface area contributed by atoms with Gasteiger partial charge in [0.2, 0.25) is 5.91 Å². The monoisotopic (exact) mass is 391 g/mol. The lowest BCUT2D eigenvalue weighted by molar-refractivity contribution is -0.116. The number of carbonyl (C=O) groups excluding carboxylic acids is 1. The minimum Gasteiger partial charge on any atom is -0.455 e. The zero-order valence-electron chi connectivity index (χ0n) is 15.2. The molecule has 0 spiro atoms. The number of hydrogen-bond acceptors (Lipinski definition) is 3. The molecular formula is C22H18ClN3O2. The molecule has 0 saturated carbocycles. The number of carbonyl (C=O) groups is 1. The predicted octanol–water partition coefficient (Wildman–Crippen LogP) is 5.43. The van der Waals surface area contributed by atoms with Crippen LogP contribution in [0.3, 0.4) is 0 Å². The second-order valence-electron chi connectivity index (χ2n) is 6.34. The molecule has 28 heavy (non-hydrogen) atoms. The van der Waals surface area contributed by atoms with E-state index in [0.29, 0.717) is 22.2 Å². The number of hydrogen-bond donors (Lipinski definition) is 1. The molecule has 0 fully saturated rings. The van der Waals surface area contributed by atoms with Crippen molar-refractivity contribution in [2.24, 2.45) is 0 Å². The number of fused-ring (bicyclic) bond motifs is 1. The number of halogens is 1. The molecule has 6 heteroatoms. The number of benzene rings is 3. The van der Waals surface area contributed by atoms with E-state index in [1.807, 2.05) is 66.1 Å². The fourth-order valence-corrected chi connectivity index (χ4v) is 3.21. The lowest BCUT2D eigenvalue weighted by Gasteiger charge is -2.13. The molecule has 0 radical (unpaired) electrons. The molecule has 1 aromatic heterocycles. The average Bonchev–Trinajstić information content (AvgIpc) is 3.00. The largest absolute Gasteiger partial charge is 0.455 e. The topological polar surface area (TPSA) is 56.2 Å². The van der Waals surface area contributed by atoms with Crippen LogP contribution in [0.15, 0.2) is 72.8 Å². The van der Waals surface area contributed by atoms with E-state index in [1.165, 1.54) is 0 Å². The van der Waals surface area contributed by atoms with Gasteiger partial charge in [0.15, 0.2) is 5.75 Å². The van der Waals surface area contributed by atoms with Gasteiger partial charge in [0.25, 0.3) is 0 Å². The van der Waals surface area contributed by atoms with Crippen molar-refractivity contribution in [1.29, 1.82) is 0 Å². The summed E-state index contributed by atoms with van der Waals surface area (Å²) >= 11 is 6.13. The Labute approximate surface area is 167 Å². The van der Waals surface area contributed by atoms with Crippen LogP contribution in [0.5, 0.6) is 11.5 Å². The fourth-order valence-electron chi connectivity index (χ4n) is 3.03. The third-order valence-electron chi connectivity index (χ3n) is 4.33. The molecule has 1 N–H and O–H groups in total. The molecule has 1 heterocycles. The maximum Gasteiger partial charge on any atom is 0.244 e. The molecule has 140 valence electrons. The zero-order chi connectivity index (χ0) is 19.5. The molecule has 4 rings (SSSR count). The average molecular weight is 392 g/mol. The molecule has 0 bridgehead atoms. The van der Waals surface area contributed by atoms with E-state index in [1.54, 1.807) is 18.2 Å². The van der Waals surface area contributed by atoms with Crippen molar-refractivity contribution in [1.82, 2.24) is 9.55 Å². The van der Waals surface area contributed by atoms with Gasteiger partial charge in [-0.2, -0.15) is 0 Å². The number of ether oxygens (including phenoxy) is 1. The standard InChI is InChI=1S/C22H18ClN3O2/c1-15-24-18-9-5-6-10-20(18)26(15)14-22(27)25-19-13-16(23)11-12-21(19)28-17-7-3-2-4-8-17/h2-13H,14H2,1H3,(H,25,27). The number of imidazole rings is 1. The van der Waals surface area contributed by atoms with Gasteiger partial charge >= 0.3 is 0 Å². The summed E-state index contributed by atoms with van der Waals surface area (Å²) in [5, 5.41) is 3.42. The molecule has 4 aromatic rings. The number of rotatable bonds is 5. The van der Waals surface area contributed by atoms with Gasteiger partial charge < -0.3 is 14.6 Å². The van der Waals surface area contributed by atoms with Crippen molar-refractivity contribution < 1.29 is 9.53 Å². The maximum atomic E-state index is 12.7. The van der Waals surface area contributed by atoms with E-state index in [2.05, 4.69) is 10.3 Å². The van der Waals surface area contributed by atoms with Crippen LogP contribution in [-0.4, -0.2) is 15.5 Å². The van der Waals surface area contributed by atoms with E-state index in [9.17, 15) is 4.79 Å². The molecule has 0 unspecified atom stereocenters. The number of nitrogens with one attached hydrogen (secondary N) is 1. The lowest BCUT2D eigenvalue weighted by Crippen LogP contribution is -2.19. The summed E-state index contributed by atoms with van der Waals surface area (Å²) in [4.78, 5) is 17.2. The molecule has 0 aliphatic rings. The second-order valence-corrected chi connectivity index (χ2v) is 6.77. The number of aromatic nitrogens is 2. The van der Waals surface area contributed by atoms with Crippen molar-refractivity contribution >= 4 is 34.2 Å². The highest BCUT2D eigenvalue weighted by molar-refractivity contribution is 6.31. The fraction of sp³-hybridized carbons (Fsp3) is 0.0909. The van der Waals surface area contributed by atoms with Gasteiger partial charge in [-0.3, -0.25) is 4.79 Å². The number of anilines is 1. The van der Waals surface area contributed by atoms with Gasteiger partial charge in [-0.15, -0.1) is 0 Å². The molecule has 0 atom stereocenters. The quantitative estimate of drug-likeness (QED) is 0.493. The molecule has 0 aliphatic heterocycles. The minimum atomic E-state index is -0.188. The van der Waals surface area contributed by atoms with Crippen LogP contribution >= 0.6 is 11.6 Å². The summed E-state index contributed by atoms with van der Waals surface area (Å²) in [7, 11) is 0. The Kier molecular flexibility index (Phi) is 5.00. The molecule has 3 aromatic carbocycles. The van der Waals surface area contributed by atoms with Gasteiger partial charge in [-0.25, -0.2) is 4.98 Å². The van der Waals surface area contributed by atoms with E-state index in [0.717, 1.165) is 16.9 Å². The highest BCUT2D eigenvalue weighted by atomic mass is 35.5. The van der Waals surface area contributed by atoms with Gasteiger partial charge in [-0.05, 0) is 49.4 Å². The molecular weight excluding hydrogens is 374 g/mol. The number of amides is 1. The van der Waals surface area contributed by atoms with E-state index in [4.69, 9.17) is 16.3 Å². The van der Waals surface area contributed by atoms with Crippen molar-refractivity contribution in [3.8, 4) is 11.5 Å². The highest BCUT2D eigenvalue weighted by Crippen LogP contribution is 2.32. The summed E-state index contributed by atoms with van der Waals surface area (Å²) < 4.78 is 7.78. The van der Waals surface area contributed by atoms with Crippen molar-refractivity contribution in [2.45, 2.75) is 13.5 Å². The summed E-state index contributed by atoms with van der Waals surface area (Å²) in [6.07, 6.45) is 0. The summed E-state index contributed by atoms with van der Waals surface area (Å²) in [6, 6.07) is 22.3. The number of aryl methyl sites for hydroxylation is 1. The van der Waals surface area contributed by atoms with E-state index < -0.39 is 0 Å². The van der Waals surface area contributed by atoms with Crippen molar-refractivity contribution in [3.05, 3.63) is 83.6 Å². The third kappa shape index (κ3) is 3.85. The second kappa shape index (κ2) is 7.74. The minimum absolute atomic E-state index is 0.142.